The molecule has 5 rings (SSSR count). The number of anilines is 2. The minimum Gasteiger partial charge on any atom is -0.383 e. The van der Waals surface area contributed by atoms with E-state index < -0.39 is 0 Å². The van der Waals surface area contributed by atoms with Gasteiger partial charge in [-0.1, -0.05) is 43.2 Å². The molecule has 0 bridgehead atoms. The molecule has 1 aliphatic rings. The van der Waals surface area contributed by atoms with Gasteiger partial charge in [0.1, 0.15) is 23.5 Å². The van der Waals surface area contributed by atoms with Crippen LogP contribution in [0.1, 0.15) is 52.7 Å². The third-order valence-corrected chi connectivity index (χ3v) is 6.21. The minimum atomic E-state index is -0.189. The van der Waals surface area contributed by atoms with Crippen molar-refractivity contribution in [2.45, 2.75) is 38.3 Å². The Morgan fingerprint density at radius 3 is 2.68 bits per heavy atom. The number of carbonyl (C=O) groups is 1. The zero-order chi connectivity index (χ0) is 23.5. The van der Waals surface area contributed by atoms with E-state index >= 15 is 0 Å². The van der Waals surface area contributed by atoms with Gasteiger partial charge in [0.2, 0.25) is 0 Å². The van der Waals surface area contributed by atoms with Gasteiger partial charge >= 0.3 is 0 Å². The Hall–Kier alpha value is -4.27. The molecule has 172 valence electrons. The number of rotatable bonds is 7. The van der Waals surface area contributed by atoms with Gasteiger partial charge in [-0.25, -0.2) is 15.0 Å². The molecule has 0 saturated heterocycles. The first kappa shape index (κ1) is 21.6. The van der Waals surface area contributed by atoms with Crippen LogP contribution in [-0.2, 0) is 6.54 Å². The summed E-state index contributed by atoms with van der Waals surface area (Å²) in [5, 5.41) is 15.1. The number of nitrogens with one attached hydrogen (secondary N) is 4. The standard InChI is InChI=1S/C25H26N8O/c26-21(20-23(27)31-14-32-24(20)33-17-4-1-2-5-17)16-10-8-15(9-11-16)12-28-25(34)18-6-3-7-19-22(18)30-13-29-19/h3,6-11,13-14,17,26H,1-2,4-5,12H2,(H,28,34)(H,29,30)(H3,27,31,32,33). The summed E-state index contributed by atoms with van der Waals surface area (Å²) in [5.74, 6) is 0.698. The van der Waals surface area contributed by atoms with Crippen molar-refractivity contribution in [3.63, 3.8) is 0 Å². The number of aromatic amines is 1. The van der Waals surface area contributed by atoms with Gasteiger partial charge in [0.25, 0.3) is 5.91 Å². The SMILES string of the molecule is N=C(c1ccc(CNC(=O)c2cccc3[nH]cnc23)cc1)c1c(N)ncnc1NC1CCCC1. The van der Waals surface area contributed by atoms with E-state index in [0.29, 0.717) is 40.6 Å². The molecule has 34 heavy (non-hydrogen) atoms. The highest BCUT2D eigenvalue weighted by molar-refractivity contribution is 6.16. The van der Waals surface area contributed by atoms with Crippen molar-refractivity contribution < 1.29 is 4.79 Å². The summed E-state index contributed by atoms with van der Waals surface area (Å²) in [5.41, 5.74) is 10.5. The number of hydrogen-bond donors (Lipinski definition) is 5. The van der Waals surface area contributed by atoms with Crippen molar-refractivity contribution in [3.8, 4) is 0 Å². The molecule has 0 spiro atoms. The second-order valence-electron chi connectivity index (χ2n) is 8.47. The highest BCUT2D eigenvalue weighted by atomic mass is 16.1. The van der Waals surface area contributed by atoms with Crippen molar-refractivity contribution >= 4 is 34.3 Å². The third kappa shape index (κ3) is 4.32. The molecule has 2 aromatic carbocycles. The van der Waals surface area contributed by atoms with Gasteiger partial charge in [0, 0.05) is 18.2 Å². The molecule has 0 aliphatic heterocycles. The first-order chi connectivity index (χ1) is 16.6. The Labute approximate surface area is 196 Å². The van der Waals surface area contributed by atoms with Gasteiger partial charge in [0.15, 0.2) is 0 Å². The fourth-order valence-corrected chi connectivity index (χ4v) is 4.38. The van der Waals surface area contributed by atoms with Gasteiger partial charge < -0.3 is 21.4 Å². The Balaban J connectivity index is 1.28. The van der Waals surface area contributed by atoms with Crippen LogP contribution in [0, 0.1) is 5.41 Å². The number of aromatic nitrogens is 4. The number of benzene rings is 2. The normalized spacial score (nSPS) is 13.8. The van der Waals surface area contributed by atoms with E-state index in [0.717, 1.165) is 23.9 Å². The fourth-order valence-electron chi connectivity index (χ4n) is 4.38. The van der Waals surface area contributed by atoms with E-state index in [9.17, 15) is 4.79 Å². The topological polar surface area (TPSA) is 145 Å². The molecule has 0 atom stereocenters. The number of imidazole rings is 1. The molecule has 1 saturated carbocycles. The number of nitrogens with zero attached hydrogens (tertiary/aromatic N) is 3. The van der Waals surface area contributed by atoms with Crippen LogP contribution in [0.15, 0.2) is 55.1 Å². The first-order valence-electron chi connectivity index (χ1n) is 11.4. The van der Waals surface area contributed by atoms with E-state index in [2.05, 4.69) is 30.6 Å². The quantitative estimate of drug-likeness (QED) is 0.270. The van der Waals surface area contributed by atoms with E-state index in [1.165, 1.54) is 19.2 Å². The van der Waals surface area contributed by atoms with Crippen LogP contribution < -0.4 is 16.4 Å². The maximum absolute atomic E-state index is 12.7. The lowest BCUT2D eigenvalue weighted by Crippen LogP contribution is -2.23. The lowest BCUT2D eigenvalue weighted by Gasteiger charge is -2.17. The third-order valence-electron chi connectivity index (χ3n) is 6.21. The van der Waals surface area contributed by atoms with Crippen LogP contribution in [0.4, 0.5) is 11.6 Å². The molecular formula is C25H26N8O. The Bertz CT molecular complexity index is 1340. The van der Waals surface area contributed by atoms with Crippen molar-refractivity contribution in [3.05, 3.63) is 77.4 Å². The van der Waals surface area contributed by atoms with E-state index in [1.807, 2.05) is 36.4 Å². The van der Waals surface area contributed by atoms with Gasteiger partial charge in [-0.2, -0.15) is 0 Å². The summed E-state index contributed by atoms with van der Waals surface area (Å²) < 4.78 is 0. The molecule has 2 aromatic heterocycles. The van der Waals surface area contributed by atoms with Crippen LogP contribution in [0.2, 0.25) is 0 Å². The molecule has 9 heteroatoms. The second kappa shape index (κ2) is 9.30. The summed E-state index contributed by atoms with van der Waals surface area (Å²) in [4.78, 5) is 28.4. The lowest BCUT2D eigenvalue weighted by molar-refractivity contribution is 0.0952. The Kier molecular flexibility index (Phi) is 5.90. The summed E-state index contributed by atoms with van der Waals surface area (Å²) in [6.45, 7) is 0.359. The lowest BCUT2D eigenvalue weighted by atomic mass is 10.0. The van der Waals surface area contributed by atoms with Crippen molar-refractivity contribution in [2.75, 3.05) is 11.1 Å². The Morgan fingerprint density at radius 2 is 1.88 bits per heavy atom. The fraction of sp³-hybridized carbons (Fsp3) is 0.240. The molecule has 2 heterocycles. The number of fused-ring (bicyclic) bond motifs is 1. The number of nitrogen functional groups attached to an aromatic ring is 1. The Morgan fingerprint density at radius 1 is 1.09 bits per heavy atom. The zero-order valence-corrected chi connectivity index (χ0v) is 18.6. The van der Waals surface area contributed by atoms with Crippen LogP contribution in [0.25, 0.3) is 11.0 Å². The maximum Gasteiger partial charge on any atom is 0.253 e. The number of amides is 1. The van der Waals surface area contributed by atoms with Crippen LogP contribution in [-0.4, -0.2) is 37.6 Å². The summed E-state index contributed by atoms with van der Waals surface area (Å²) >= 11 is 0. The smallest absolute Gasteiger partial charge is 0.253 e. The molecule has 0 unspecified atom stereocenters. The molecule has 1 aliphatic carbocycles. The summed E-state index contributed by atoms with van der Waals surface area (Å²) in [6.07, 6.45) is 7.57. The van der Waals surface area contributed by atoms with Gasteiger partial charge in [-0.15, -0.1) is 0 Å². The van der Waals surface area contributed by atoms with E-state index in [-0.39, 0.29) is 17.4 Å². The van der Waals surface area contributed by atoms with Crippen LogP contribution in [0.3, 0.4) is 0 Å². The number of H-pyrrole nitrogens is 1. The monoisotopic (exact) mass is 454 g/mol. The van der Waals surface area contributed by atoms with Gasteiger partial charge in [0.05, 0.1) is 28.7 Å². The number of para-hydroxylation sites is 1. The number of carbonyl (C=O) groups excluding carboxylic acids is 1. The molecule has 1 fully saturated rings. The van der Waals surface area contributed by atoms with Gasteiger partial charge in [-0.3, -0.25) is 10.2 Å². The van der Waals surface area contributed by atoms with E-state index in [4.69, 9.17) is 11.1 Å². The van der Waals surface area contributed by atoms with Gasteiger partial charge in [-0.05, 0) is 30.5 Å². The molecule has 9 nitrogen and oxygen atoms in total. The first-order valence-corrected chi connectivity index (χ1v) is 11.4. The molecule has 6 N–H and O–H groups in total. The number of hydrogen-bond acceptors (Lipinski definition) is 7. The average molecular weight is 455 g/mol. The number of nitrogens with two attached hydrogens (primary N) is 1. The molecular weight excluding hydrogens is 428 g/mol. The molecule has 4 aromatic rings. The molecule has 0 radical (unpaired) electrons. The predicted molar refractivity (Wildman–Crippen MR) is 132 cm³/mol. The maximum atomic E-state index is 12.7. The highest BCUT2D eigenvalue weighted by Gasteiger charge is 2.21. The summed E-state index contributed by atoms with van der Waals surface area (Å²) in [6, 6.07) is 13.3. The second-order valence-corrected chi connectivity index (χ2v) is 8.47. The molecule has 1 amide bonds. The van der Waals surface area contributed by atoms with Crippen molar-refractivity contribution in [1.82, 2.24) is 25.3 Å². The zero-order valence-electron chi connectivity index (χ0n) is 18.6. The summed E-state index contributed by atoms with van der Waals surface area (Å²) in [7, 11) is 0. The minimum absolute atomic E-state index is 0.189. The average Bonchev–Trinajstić information content (AvgIpc) is 3.54. The largest absolute Gasteiger partial charge is 0.383 e. The van der Waals surface area contributed by atoms with E-state index in [1.54, 1.807) is 12.4 Å². The predicted octanol–water partition coefficient (Wildman–Crippen LogP) is 3.64. The van der Waals surface area contributed by atoms with Crippen LogP contribution in [0.5, 0.6) is 0 Å². The van der Waals surface area contributed by atoms with Crippen molar-refractivity contribution in [2.24, 2.45) is 0 Å². The highest BCUT2D eigenvalue weighted by Crippen LogP contribution is 2.26. The van der Waals surface area contributed by atoms with Crippen molar-refractivity contribution in [1.29, 1.82) is 5.41 Å². The van der Waals surface area contributed by atoms with Crippen LogP contribution >= 0.6 is 0 Å².